The number of hydrogen-bond acceptors (Lipinski definition) is 7. The van der Waals surface area contributed by atoms with E-state index in [1.807, 2.05) is 35.9 Å². The van der Waals surface area contributed by atoms with Gasteiger partial charge < -0.3 is 26.0 Å². The van der Waals surface area contributed by atoms with E-state index in [-0.39, 0.29) is 0 Å². The zero-order chi connectivity index (χ0) is 18.0. The number of aryl methyl sites for hydroxylation is 1. The first kappa shape index (κ1) is 17.0. The number of benzene rings is 1. The van der Waals surface area contributed by atoms with Gasteiger partial charge in [-0.05, 0) is 25.5 Å². The van der Waals surface area contributed by atoms with Crippen LogP contribution in [0.25, 0.3) is 11.2 Å². The van der Waals surface area contributed by atoms with Crippen LogP contribution >= 0.6 is 0 Å². The summed E-state index contributed by atoms with van der Waals surface area (Å²) in [4.78, 5) is 13.3. The van der Waals surface area contributed by atoms with E-state index in [9.17, 15) is 5.11 Å². The van der Waals surface area contributed by atoms with Gasteiger partial charge in [0.1, 0.15) is 0 Å². The largest absolute Gasteiger partial charge is 0.398 e. The molecule has 0 fully saturated rings. The van der Waals surface area contributed by atoms with Gasteiger partial charge in [-0.3, -0.25) is 0 Å². The third kappa shape index (κ3) is 3.97. The molecule has 8 heteroatoms. The lowest BCUT2D eigenvalue weighted by atomic mass is 10.1. The first-order chi connectivity index (χ1) is 11.8. The van der Waals surface area contributed by atoms with Crippen LogP contribution in [0.15, 0.2) is 30.6 Å². The molecule has 0 bridgehead atoms. The summed E-state index contributed by atoms with van der Waals surface area (Å²) in [5.41, 5.74) is 8.23. The predicted molar refractivity (Wildman–Crippen MR) is 99.3 cm³/mol. The molecule has 3 rings (SSSR count). The van der Waals surface area contributed by atoms with Gasteiger partial charge in [-0.25, -0.2) is 4.98 Å². The molecule has 2 aromatic heterocycles. The molecule has 0 saturated carbocycles. The van der Waals surface area contributed by atoms with E-state index in [1.165, 1.54) is 0 Å². The number of anilines is 3. The lowest BCUT2D eigenvalue weighted by molar-refractivity contribution is 0.0943. The maximum Gasteiger partial charge on any atom is 0.226 e. The van der Waals surface area contributed by atoms with Crippen LogP contribution in [-0.4, -0.2) is 36.8 Å². The molecule has 25 heavy (non-hydrogen) atoms. The Bertz CT molecular complexity index is 882. The molecule has 0 radical (unpaired) electrons. The molecule has 8 nitrogen and oxygen atoms in total. The maximum absolute atomic E-state index is 9.89. The van der Waals surface area contributed by atoms with Crippen molar-refractivity contribution in [3.05, 3.63) is 36.2 Å². The monoisotopic (exact) mass is 341 g/mol. The van der Waals surface area contributed by atoms with Crippen molar-refractivity contribution in [2.45, 2.75) is 26.0 Å². The number of hydrogen-bond donors (Lipinski definition) is 4. The van der Waals surface area contributed by atoms with Crippen LogP contribution in [0.4, 0.5) is 17.5 Å². The minimum Gasteiger partial charge on any atom is -0.398 e. The summed E-state index contributed by atoms with van der Waals surface area (Å²) in [5, 5.41) is 16.2. The van der Waals surface area contributed by atoms with Crippen LogP contribution < -0.4 is 16.4 Å². The van der Waals surface area contributed by atoms with Gasteiger partial charge in [0.15, 0.2) is 17.0 Å². The molecule has 0 saturated heterocycles. The van der Waals surface area contributed by atoms with Crippen molar-refractivity contribution in [1.82, 2.24) is 19.5 Å². The number of aromatic nitrogens is 4. The van der Waals surface area contributed by atoms with Gasteiger partial charge in [0.25, 0.3) is 0 Å². The molecule has 0 atom stereocenters. The minimum absolute atomic E-state index is 0.335. The number of nitrogens with zero attached hydrogens (tertiary/aromatic N) is 4. The third-order valence-corrected chi connectivity index (χ3v) is 3.74. The molecule has 0 unspecified atom stereocenters. The molecule has 5 N–H and O–H groups in total. The highest BCUT2D eigenvalue weighted by Gasteiger charge is 2.16. The molecular formula is C17H23N7O. The number of aliphatic hydroxyl groups is 1. The normalized spacial score (nSPS) is 11.7. The molecule has 0 aliphatic carbocycles. The molecule has 0 aliphatic rings. The molecule has 0 spiro atoms. The van der Waals surface area contributed by atoms with Crippen molar-refractivity contribution in [3.63, 3.8) is 0 Å². The Hall–Kier alpha value is -2.87. The number of nitrogen functional groups attached to an aromatic ring is 1. The van der Waals surface area contributed by atoms with Crippen LogP contribution in [-0.2, 0) is 13.6 Å². The maximum atomic E-state index is 9.89. The Balaban J connectivity index is 1.89. The third-order valence-electron chi connectivity index (χ3n) is 3.74. The highest BCUT2D eigenvalue weighted by molar-refractivity contribution is 5.84. The second-order valence-electron chi connectivity index (χ2n) is 6.64. The van der Waals surface area contributed by atoms with Crippen LogP contribution in [0.1, 0.15) is 19.4 Å². The second kappa shape index (κ2) is 6.56. The zero-order valence-corrected chi connectivity index (χ0v) is 14.6. The number of rotatable bonds is 6. The van der Waals surface area contributed by atoms with E-state index >= 15 is 0 Å². The predicted octanol–water partition coefficient (Wildman–Crippen LogP) is 1.74. The number of imidazole rings is 1. The Morgan fingerprint density at radius 1 is 1.20 bits per heavy atom. The molecule has 2 heterocycles. The Kier molecular flexibility index (Phi) is 4.45. The molecular weight excluding hydrogens is 318 g/mol. The highest BCUT2D eigenvalue weighted by atomic mass is 16.3. The fourth-order valence-electron chi connectivity index (χ4n) is 2.38. The van der Waals surface area contributed by atoms with E-state index in [0.717, 1.165) is 11.3 Å². The van der Waals surface area contributed by atoms with Crippen molar-refractivity contribution < 1.29 is 5.11 Å². The highest BCUT2D eigenvalue weighted by Crippen LogP contribution is 2.22. The Morgan fingerprint density at radius 2 is 1.96 bits per heavy atom. The quantitative estimate of drug-likeness (QED) is 0.505. The lowest BCUT2D eigenvalue weighted by Crippen LogP contribution is -2.30. The SMILES string of the molecule is Cn1cnc2c(NCc3ccccc3N)nc(NCC(C)(C)O)nc21. The summed E-state index contributed by atoms with van der Waals surface area (Å²) in [6, 6.07) is 7.68. The number of nitrogens with two attached hydrogens (primary N) is 1. The molecule has 3 aromatic rings. The summed E-state index contributed by atoms with van der Waals surface area (Å²) in [7, 11) is 1.88. The van der Waals surface area contributed by atoms with Gasteiger partial charge >= 0.3 is 0 Å². The van der Waals surface area contributed by atoms with Gasteiger partial charge in [-0.15, -0.1) is 0 Å². The van der Waals surface area contributed by atoms with Crippen LogP contribution in [0, 0.1) is 0 Å². The molecule has 0 amide bonds. The smallest absolute Gasteiger partial charge is 0.226 e. The molecule has 1 aromatic carbocycles. The van der Waals surface area contributed by atoms with E-state index in [0.29, 0.717) is 36.0 Å². The van der Waals surface area contributed by atoms with Crippen LogP contribution in [0.5, 0.6) is 0 Å². The standard InChI is InChI=1S/C17H23N7O/c1-17(2,25)9-20-16-22-14(13-15(23-16)24(3)10-21-13)19-8-11-6-4-5-7-12(11)18/h4-7,10,25H,8-9,18H2,1-3H3,(H2,19,20,22,23). The summed E-state index contributed by atoms with van der Waals surface area (Å²) in [5.74, 6) is 1.05. The summed E-state index contributed by atoms with van der Waals surface area (Å²) < 4.78 is 1.83. The van der Waals surface area contributed by atoms with Gasteiger partial charge in [0, 0.05) is 25.8 Å². The van der Waals surface area contributed by atoms with E-state index in [2.05, 4.69) is 25.6 Å². The van der Waals surface area contributed by atoms with E-state index in [4.69, 9.17) is 5.73 Å². The first-order valence-electron chi connectivity index (χ1n) is 8.06. The average Bonchev–Trinajstić information content (AvgIpc) is 2.93. The topological polar surface area (TPSA) is 114 Å². The van der Waals surface area contributed by atoms with Gasteiger partial charge in [-0.1, -0.05) is 18.2 Å². The summed E-state index contributed by atoms with van der Waals surface area (Å²) in [6.07, 6.45) is 1.70. The average molecular weight is 341 g/mol. The van der Waals surface area contributed by atoms with Crippen LogP contribution in [0.2, 0.25) is 0 Å². The molecule has 0 aliphatic heterocycles. The fourth-order valence-corrected chi connectivity index (χ4v) is 2.38. The zero-order valence-electron chi connectivity index (χ0n) is 14.6. The number of fused-ring (bicyclic) bond motifs is 1. The van der Waals surface area contributed by atoms with E-state index < -0.39 is 5.60 Å². The van der Waals surface area contributed by atoms with Crippen molar-refractivity contribution >= 4 is 28.6 Å². The van der Waals surface area contributed by atoms with Crippen molar-refractivity contribution in [2.75, 3.05) is 22.9 Å². The minimum atomic E-state index is -0.864. The Labute approximate surface area is 146 Å². The second-order valence-corrected chi connectivity index (χ2v) is 6.64. The van der Waals surface area contributed by atoms with Gasteiger partial charge in [0.2, 0.25) is 5.95 Å². The Morgan fingerprint density at radius 3 is 2.68 bits per heavy atom. The van der Waals surface area contributed by atoms with Gasteiger partial charge in [-0.2, -0.15) is 9.97 Å². The fraction of sp³-hybridized carbons (Fsp3) is 0.353. The van der Waals surface area contributed by atoms with Crippen molar-refractivity contribution in [1.29, 1.82) is 0 Å². The number of para-hydroxylation sites is 1. The lowest BCUT2D eigenvalue weighted by Gasteiger charge is -2.18. The van der Waals surface area contributed by atoms with Gasteiger partial charge in [0.05, 0.1) is 11.9 Å². The van der Waals surface area contributed by atoms with E-state index in [1.54, 1.807) is 20.2 Å². The van der Waals surface area contributed by atoms with Crippen molar-refractivity contribution in [2.24, 2.45) is 7.05 Å². The summed E-state index contributed by atoms with van der Waals surface area (Å²) >= 11 is 0. The van der Waals surface area contributed by atoms with Crippen molar-refractivity contribution in [3.8, 4) is 0 Å². The van der Waals surface area contributed by atoms with Crippen LogP contribution in [0.3, 0.4) is 0 Å². The summed E-state index contributed by atoms with van der Waals surface area (Å²) in [6.45, 7) is 4.31. The molecule has 132 valence electrons. The first-order valence-corrected chi connectivity index (χ1v) is 8.06. The number of nitrogens with one attached hydrogen (secondary N) is 2.